The molecule has 9 heteroatoms. The number of fused-ring (bicyclic) bond motifs is 1. The van der Waals surface area contributed by atoms with Crippen LogP contribution < -0.4 is 20.7 Å². The summed E-state index contributed by atoms with van der Waals surface area (Å²) in [5.41, 5.74) is -0.914. The van der Waals surface area contributed by atoms with Gasteiger partial charge in [-0.05, 0) is 31.9 Å². The van der Waals surface area contributed by atoms with E-state index in [4.69, 9.17) is 4.74 Å². The van der Waals surface area contributed by atoms with Gasteiger partial charge < -0.3 is 25.8 Å². The van der Waals surface area contributed by atoms with Crippen molar-refractivity contribution in [1.29, 1.82) is 0 Å². The van der Waals surface area contributed by atoms with Crippen LogP contribution in [0.3, 0.4) is 0 Å². The maximum Gasteiger partial charge on any atom is 0.326 e. The van der Waals surface area contributed by atoms with Crippen LogP contribution in [0.2, 0.25) is 0 Å². The van der Waals surface area contributed by atoms with Crippen molar-refractivity contribution in [3.63, 3.8) is 0 Å². The Morgan fingerprint density at radius 1 is 1.14 bits per heavy atom. The first kappa shape index (κ1) is 20.6. The first-order valence-electron chi connectivity index (χ1n) is 9.68. The van der Waals surface area contributed by atoms with Crippen LogP contribution in [0.15, 0.2) is 24.3 Å². The van der Waals surface area contributed by atoms with E-state index >= 15 is 0 Å². The second kappa shape index (κ2) is 8.50. The molecule has 9 nitrogen and oxygen atoms in total. The van der Waals surface area contributed by atoms with Gasteiger partial charge in [-0.2, -0.15) is 0 Å². The Morgan fingerprint density at radius 3 is 2.52 bits per heavy atom. The van der Waals surface area contributed by atoms with E-state index < -0.39 is 35.8 Å². The SMILES string of the molecule is C[C@H]1COc2ccccc2C(=O)N[C@H](C(=O)O)CC(=O)NC2(CCCC2)C(=O)N1. The molecule has 1 fully saturated rings. The number of hydrogen-bond acceptors (Lipinski definition) is 5. The zero-order chi connectivity index (χ0) is 21.0. The van der Waals surface area contributed by atoms with E-state index in [1.807, 2.05) is 0 Å². The van der Waals surface area contributed by atoms with Crippen LogP contribution in [-0.4, -0.2) is 53.0 Å². The van der Waals surface area contributed by atoms with Gasteiger partial charge in [-0.1, -0.05) is 25.0 Å². The topological polar surface area (TPSA) is 134 Å². The maximum atomic E-state index is 12.9. The van der Waals surface area contributed by atoms with Crippen molar-refractivity contribution in [3.05, 3.63) is 29.8 Å². The highest BCUT2D eigenvalue weighted by Crippen LogP contribution is 2.30. The molecule has 1 aromatic rings. The average molecular weight is 403 g/mol. The first-order chi connectivity index (χ1) is 13.8. The van der Waals surface area contributed by atoms with Gasteiger partial charge in [0, 0.05) is 0 Å². The van der Waals surface area contributed by atoms with E-state index in [0.717, 1.165) is 12.8 Å². The minimum absolute atomic E-state index is 0.114. The highest BCUT2D eigenvalue weighted by Gasteiger charge is 2.43. The third kappa shape index (κ3) is 4.67. The summed E-state index contributed by atoms with van der Waals surface area (Å²) in [6.07, 6.45) is 2.04. The predicted octanol–water partition coefficient (Wildman–Crippen LogP) is 0.586. The maximum absolute atomic E-state index is 12.9. The van der Waals surface area contributed by atoms with Crippen LogP contribution in [0.1, 0.15) is 49.4 Å². The number of carboxylic acid groups (broad SMARTS) is 1. The molecule has 1 saturated carbocycles. The second-order valence-electron chi connectivity index (χ2n) is 7.59. The lowest BCUT2D eigenvalue weighted by Gasteiger charge is -2.31. The smallest absolute Gasteiger partial charge is 0.326 e. The van der Waals surface area contributed by atoms with E-state index in [-0.39, 0.29) is 29.9 Å². The minimum atomic E-state index is -1.43. The summed E-state index contributed by atoms with van der Waals surface area (Å²) in [4.78, 5) is 49.7. The third-order valence-corrected chi connectivity index (χ3v) is 5.26. The molecule has 0 radical (unpaired) electrons. The Bertz CT molecular complexity index is 818. The zero-order valence-electron chi connectivity index (χ0n) is 16.2. The lowest BCUT2D eigenvalue weighted by atomic mass is 9.95. The molecule has 0 bridgehead atoms. The van der Waals surface area contributed by atoms with Crippen LogP contribution >= 0.6 is 0 Å². The highest BCUT2D eigenvalue weighted by atomic mass is 16.5. The number of aliphatic carboxylic acids is 1. The molecule has 3 amide bonds. The fourth-order valence-electron chi connectivity index (χ4n) is 3.73. The third-order valence-electron chi connectivity index (χ3n) is 5.26. The number of carbonyl (C=O) groups is 4. The van der Waals surface area contributed by atoms with Crippen molar-refractivity contribution >= 4 is 23.7 Å². The van der Waals surface area contributed by atoms with Gasteiger partial charge >= 0.3 is 5.97 Å². The molecule has 156 valence electrons. The van der Waals surface area contributed by atoms with Crippen molar-refractivity contribution in [2.24, 2.45) is 0 Å². The Labute approximate surface area is 168 Å². The lowest BCUT2D eigenvalue weighted by molar-refractivity contribution is -0.142. The highest BCUT2D eigenvalue weighted by molar-refractivity contribution is 6.00. The van der Waals surface area contributed by atoms with Crippen molar-refractivity contribution in [2.75, 3.05) is 6.61 Å². The minimum Gasteiger partial charge on any atom is -0.491 e. The fraction of sp³-hybridized carbons (Fsp3) is 0.500. The molecule has 1 aliphatic carbocycles. The number of carbonyl (C=O) groups excluding carboxylic acids is 3. The number of ether oxygens (including phenoxy) is 1. The van der Waals surface area contributed by atoms with Gasteiger partial charge in [0.25, 0.3) is 5.91 Å². The van der Waals surface area contributed by atoms with Gasteiger partial charge in [0.1, 0.15) is 23.9 Å². The van der Waals surface area contributed by atoms with Crippen molar-refractivity contribution in [1.82, 2.24) is 16.0 Å². The molecule has 1 aliphatic heterocycles. The Kier molecular flexibility index (Phi) is 6.05. The molecular formula is C20H25N3O6. The molecule has 1 spiro atoms. The van der Waals surface area contributed by atoms with Crippen LogP contribution in [0.5, 0.6) is 5.75 Å². The Balaban J connectivity index is 1.92. The van der Waals surface area contributed by atoms with E-state index in [1.54, 1.807) is 25.1 Å². The van der Waals surface area contributed by atoms with Crippen molar-refractivity contribution < 1.29 is 29.0 Å². The summed E-state index contributed by atoms with van der Waals surface area (Å²) < 4.78 is 5.72. The Hall–Kier alpha value is -3.10. The van der Waals surface area contributed by atoms with Gasteiger partial charge in [0.2, 0.25) is 11.8 Å². The number of rotatable bonds is 1. The first-order valence-corrected chi connectivity index (χ1v) is 9.68. The average Bonchev–Trinajstić information content (AvgIpc) is 3.15. The van der Waals surface area contributed by atoms with E-state index in [2.05, 4.69) is 16.0 Å². The summed E-state index contributed by atoms with van der Waals surface area (Å²) >= 11 is 0. The second-order valence-corrected chi connectivity index (χ2v) is 7.59. The number of nitrogens with one attached hydrogen (secondary N) is 3. The van der Waals surface area contributed by atoms with E-state index in [1.165, 1.54) is 6.07 Å². The van der Waals surface area contributed by atoms with Crippen molar-refractivity contribution in [2.45, 2.75) is 56.7 Å². The number of carboxylic acids is 1. The molecule has 4 N–H and O–H groups in total. The van der Waals surface area contributed by atoms with Gasteiger partial charge in [-0.25, -0.2) is 4.79 Å². The van der Waals surface area contributed by atoms with Crippen LogP contribution in [0, 0.1) is 0 Å². The van der Waals surface area contributed by atoms with Gasteiger partial charge in [0.15, 0.2) is 0 Å². The number of amides is 3. The molecule has 0 aromatic heterocycles. The monoisotopic (exact) mass is 403 g/mol. The summed E-state index contributed by atoms with van der Waals surface area (Å²) in [7, 11) is 0. The fourth-order valence-corrected chi connectivity index (χ4v) is 3.73. The van der Waals surface area contributed by atoms with E-state index in [9.17, 15) is 24.3 Å². The molecule has 2 aliphatic rings. The summed E-state index contributed by atoms with van der Waals surface area (Å²) in [6, 6.07) is 4.63. The zero-order valence-corrected chi connectivity index (χ0v) is 16.2. The molecule has 1 heterocycles. The number of para-hydroxylation sites is 1. The summed E-state index contributed by atoms with van der Waals surface area (Å²) in [6.45, 7) is 1.89. The molecule has 2 atom stereocenters. The number of hydrogen-bond donors (Lipinski definition) is 4. The van der Waals surface area contributed by atoms with Crippen LogP contribution in [0.25, 0.3) is 0 Å². The normalized spacial score (nSPS) is 25.1. The number of benzene rings is 1. The molecule has 1 aromatic carbocycles. The van der Waals surface area contributed by atoms with Gasteiger partial charge in [0.05, 0.1) is 18.0 Å². The largest absolute Gasteiger partial charge is 0.491 e. The van der Waals surface area contributed by atoms with Crippen molar-refractivity contribution in [3.8, 4) is 5.75 Å². The molecular weight excluding hydrogens is 378 g/mol. The predicted molar refractivity (Wildman–Crippen MR) is 102 cm³/mol. The molecule has 0 unspecified atom stereocenters. The molecule has 3 rings (SSSR count). The van der Waals surface area contributed by atoms with Gasteiger partial charge in [-0.3, -0.25) is 14.4 Å². The van der Waals surface area contributed by atoms with Crippen LogP contribution in [0.4, 0.5) is 0 Å². The lowest BCUT2D eigenvalue weighted by Crippen LogP contribution is -2.60. The molecule has 29 heavy (non-hydrogen) atoms. The standard InChI is InChI=1S/C20H25N3O6/c1-12-11-29-15-7-3-2-6-13(15)17(25)22-14(18(26)27)10-16(24)23-20(19(28)21-12)8-4-5-9-20/h2-3,6-7,12,14H,4-5,8-11H2,1H3,(H,21,28)(H,22,25)(H,23,24)(H,26,27)/t12-,14-/m0/s1. The van der Waals surface area contributed by atoms with Gasteiger partial charge in [-0.15, -0.1) is 0 Å². The quantitative estimate of drug-likeness (QED) is 0.542. The Morgan fingerprint density at radius 2 is 1.83 bits per heavy atom. The van der Waals surface area contributed by atoms with E-state index in [0.29, 0.717) is 12.8 Å². The summed E-state index contributed by atoms with van der Waals surface area (Å²) in [5, 5.41) is 17.4. The molecule has 0 saturated heterocycles. The summed E-state index contributed by atoms with van der Waals surface area (Å²) in [5.74, 6) is -2.61. The van der Waals surface area contributed by atoms with Crippen LogP contribution in [-0.2, 0) is 14.4 Å².